The molecule has 0 spiro atoms. The van der Waals surface area contributed by atoms with Crippen molar-refractivity contribution in [2.45, 2.75) is 26.8 Å². The van der Waals surface area contributed by atoms with Gasteiger partial charge in [0.05, 0.1) is 12.6 Å². The van der Waals surface area contributed by atoms with Crippen molar-refractivity contribution in [1.82, 2.24) is 4.90 Å². The van der Waals surface area contributed by atoms with Crippen molar-refractivity contribution >= 4 is 34.2 Å². The summed E-state index contributed by atoms with van der Waals surface area (Å²) in [4.78, 5) is 2.42. The molecule has 4 heteroatoms. The van der Waals surface area contributed by atoms with Crippen LogP contribution < -0.4 is 4.74 Å². The number of halogens is 2. The molecule has 0 fully saturated rings. The van der Waals surface area contributed by atoms with Gasteiger partial charge in [-0.25, -0.2) is 0 Å². The molecular weight excluding hydrogens is 421 g/mol. The van der Waals surface area contributed by atoms with Crippen LogP contribution in [0.5, 0.6) is 5.75 Å². The topological polar surface area (TPSA) is 12.5 Å². The molecule has 0 aliphatic rings. The summed E-state index contributed by atoms with van der Waals surface area (Å²) in [5, 5.41) is 0.816. The number of nitrogens with zero attached hydrogens (tertiary/aromatic N) is 1. The van der Waals surface area contributed by atoms with Crippen LogP contribution in [0.4, 0.5) is 0 Å². The van der Waals surface area contributed by atoms with E-state index in [4.69, 9.17) is 16.3 Å². The zero-order valence-corrected chi connectivity index (χ0v) is 16.8. The molecule has 0 N–H and O–H groups in total. The largest absolute Gasteiger partial charge is 0.494 e. The number of benzene rings is 2. The first-order valence-electron chi connectivity index (χ1n) is 8.02. The van der Waals surface area contributed by atoms with Crippen LogP contribution in [-0.2, 0) is 0 Å². The first kappa shape index (κ1) is 18.6. The molecule has 0 radical (unpaired) electrons. The van der Waals surface area contributed by atoms with Crippen molar-refractivity contribution in [2.24, 2.45) is 0 Å². The molecule has 0 saturated carbocycles. The third-order valence-corrected chi connectivity index (χ3v) is 4.95. The lowest BCUT2D eigenvalue weighted by Gasteiger charge is -2.31. The molecule has 0 aliphatic carbocycles. The Morgan fingerprint density at radius 3 is 2.26 bits per heavy atom. The molecule has 23 heavy (non-hydrogen) atoms. The quantitative estimate of drug-likeness (QED) is 0.503. The average molecular weight is 444 g/mol. The first-order chi connectivity index (χ1) is 11.1. The Kier molecular flexibility index (Phi) is 7.18. The fourth-order valence-corrected chi connectivity index (χ4v) is 3.55. The Morgan fingerprint density at radius 2 is 1.70 bits per heavy atom. The standard InChI is InChI=1S/C19H23ClINO/c1-4-22(5-2)19(17-13-15(21)9-12-18(17)20)14-7-10-16(11-8-14)23-6-3/h7-13,19H,4-6H2,1-3H3. The van der Waals surface area contributed by atoms with E-state index in [0.29, 0.717) is 6.61 Å². The molecule has 2 aromatic rings. The monoisotopic (exact) mass is 443 g/mol. The predicted octanol–water partition coefficient (Wildman–Crippen LogP) is 5.77. The van der Waals surface area contributed by atoms with Gasteiger partial charge < -0.3 is 4.74 Å². The van der Waals surface area contributed by atoms with Gasteiger partial charge >= 0.3 is 0 Å². The van der Waals surface area contributed by atoms with Crippen LogP contribution in [-0.4, -0.2) is 24.6 Å². The summed E-state index contributed by atoms with van der Waals surface area (Å²) in [7, 11) is 0. The smallest absolute Gasteiger partial charge is 0.119 e. The van der Waals surface area contributed by atoms with Crippen LogP contribution in [0.2, 0.25) is 5.02 Å². The van der Waals surface area contributed by atoms with Crippen LogP contribution >= 0.6 is 34.2 Å². The molecule has 1 unspecified atom stereocenters. The molecule has 1 atom stereocenters. The number of ether oxygens (including phenoxy) is 1. The van der Waals surface area contributed by atoms with Crippen molar-refractivity contribution in [3.8, 4) is 5.75 Å². The van der Waals surface area contributed by atoms with Crippen molar-refractivity contribution in [1.29, 1.82) is 0 Å². The summed E-state index contributed by atoms with van der Waals surface area (Å²) in [6.07, 6.45) is 0. The van der Waals surface area contributed by atoms with E-state index in [-0.39, 0.29) is 6.04 Å². The molecule has 0 heterocycles. The molecule has 2 rings (SSSR count). The van der Waals surface area contributed by atoms with E-state index in [2.05, 4.69) is 59.5 Å². The van der Waals surface area contributed by atoms with Gasteiger partial charge in [0.25, 0.3) is 0 Å². The van der Waals surface area contributed by atoms with Gasteiger partial charge in [0.1, 0.15) is 5.75 Å². The summed E-state index contributed by atoms with van der Waals surface area (Å²) < 4.78 is 6.76. The van der Waals surface area contributed by atoms with Crippen molar-refractivity contribution in [2.75, 3.05) is 19.7 Å². The number of hydrogen-bond acceptors (Lipinski definition) is 2. The molecule has 124 valence electrons. The van der Waals surface area contributed by atoms with Crippen molar-refractivity contribution in [3.63, 3.8) is 0 Å². The van der Waals surface area contributed by atoms with E-state index in [1.165, 1.54) is 9.13 Å². The Bertz CT molecular complexity index is 626. The maximum atomic E-state index is 6.53. The highest BCUT2D eigenvalue weighted by molar-refractivity contribution is 14.1. The third-order valence-electron chi connectivity index (χ3n) is 3.94. The minimum absolute atomic E-state index is 0.155. The van der Waals surface area contributed by atoms with Crippen LogP contribution in [0.15, 0.2) is 42.5 Å². The first-order valence-corrected chi connectivity index (χ1v) is 9.48. The number of rotatable bonds is 7. The van der Waals surface area contributed by atoms with Gasteiger partial charge in [-0.1, -0.05) is 37.6 Å². The Balaban J connectivity index is 2.47. The van der Waals surface area contributed by atoms with Crippen LogP contribution in [0.3, 0.4) is 0 Å². The highest BCUT2D eigenvalue weighted by atomic mass is 127. The van der Waals surface area contributed by atoms with Gasteiger partial charge in [-0.15, -0.1) is 0 Å². The lowest BCUT2D eigenvalue weighted by atomic mass is 9.96. The van der Waals surface area contributed by atoms with E-state index in [9.17, 15) is 0 Å². The fourth-order valence-electron chi connectivity index (χ4n) is 2.81. The molecule has 0 bridgehead atoms. The Morgan fingerprint density at radius 1 is 1.04 bits per heavy atom. The van der Waals surface area contributed by atoms with Gasteiger partial charge in [0.15, 0.2) is 0 Å². The lowest BCUT2D eigenvalue weighted by Crippen LogP contribution is -2.29. The second-order valence-corrected chi connectivity index (χ2v) is 6.94. The molecule has 0 aromatic heterocycles. The summed E-state index contributed by atoms with van der Waals surface area (Å²) in [5.41, 5.74) is 2.40. The SMILES string of the molecule is CCOc1ccc(C(c2cc(I)ccc2Cl)N(CC)CC)cc1. The summed E-state index contributed by atoms with van der Waals surface area (Å²) in [6, 6.07) is 14.7. The zero-order chi connectivity index (χ0) is 16.8. The maximum Gasteiger partial charge on any atom is 0.119 e. The highest BCUT2D eigenvalue weighted by Gasteiger charge is 2.22. The third kappa shape index (κ3) is 4.61. The van der Waals surface area contributed by atoms with Gasteiger partial charge in [-0.2, -0.15) is 0 Å². The molecule has 0 amide bonds. The second kappa shape index (κ2) is 8.90. The van der Waals surface area contributed by atoms with Crippen molar-refractivity contribution in [3.05, 3.63) is 62.2 Å². The zero-order valence-electron chi connectivity index (χ0n) is 13.9. The highest BCUT2D eigenvalue weighted by Crippen LogP contribution is 2.34. The normalized spacial score (nSPS) is 12.4. The van der Waals surface area contributed by atoms with E-state index in [0.717, 1.165) is 29.4 Å². The summed E-state index contributed by atoms with van der Waals surface area (Å²) >= 11 is 8.87. The molecular formula is C19H23ClINO. The molecule has 2 aromatic carbocycles. The van der Waals surface area contributed by atoms with Gasteiger partial charge in [-0.3, -0.25) is 4.90 Å². The van der Waals surface area contributed by atoms with E-state index < -0.39 is 0 Å². The van der Waals surface area contributed by atoms with Crippen LogP contribution in [0.1, 0.15) is 37.9 Å². The van der Waals surface area contributed by atoms with Gasteiger partial charge in [0, 0.05) is 8.59 Å². The minimum atomic E-state index is 0.155. The van der Waals surface area contributed by atoms with Gasteiger partial charge in [-0.05, 0) is 84.1 Å². The minimum Gasteiger partial charge on any atom is -0.494 e. The van der Waals surface area contributed by atoms with E-state index in [1.54, 1.807) is 0 Å². The van der Waals surface area contributed by atoms with Crippen LogP contribution in [0, 0.1) is 3.57 Å². The number of hydrogen-bond donors (Lipinski definition) is 0. The second-order valence-electron chi connectivity index (χ2n) is 5.29. The van der Waals surface area contributed by atoms with Crippen LogP contribution in [0.25, 0.3) is 0 Å². The van der Waals surface area contributed by atoms with E-state index >= 15 is 0 Å². The molecule has 0 saturated heterocycles. The molecule has 0 aliphatic heterocycles. The average Bonchev–Trinajstić information content (AvgIpc) is 2.56. The van der Waals surface area contributed by atoms with Crippen molar-refractivity contribution < 1.29 is 4.74 Å². The maximum absolute atomic E-state index is 6.53. The lowest BCUT2D eigenvalue weighted by molar-refractivity contribution is 0.250. The van der Waals surface area contributed by atoms with Gasteiger partial charge in [0.2, 0.25) is 0 Å². The Hall–Kier alpha value is -0.780. The molecule has 2 nitrogen and oxygen atoms in total. The predicted molar refractivity (Wildman–Crippen MR) is 107 cm³/mol. The summed E-state index contributed by atoms with van der Waals surface area (Å²) in [5.74, 6) is 0.906. The summed E-state index contributed by atoms with van der Waals surface area (Å²) in [6.45, 7) is 8.99. The Labute approximate surface area is 157 Å². The van der Waals surface area contributed by atoms with E-state index in [1.807, 2.05) is 31.2 Å². The fraction of sp³-hybridized carbons (Fsp3) is 0.368.